The number of hydrogen-bond acceptors (Lipinski definition) is 2. The van der Waals surface area contributed by atoms with Gasteiger partial charge in [0.25, 0.3) is 0 Å². The van der Waals surface area contributed by atoms with E-state index in [1.165, 1.54) is 16.6 Å². The predicted molar refractivity (Wildman–Crippen MR) is 56.2 cm³/mol. The number of rotatable bonds is 0. The van der Waals surface area contributed by atoms with Crippen LogP contribution in [0.1, 0.15) is 11.3 Å². The van der Waals surface area contributed by atoms with E-state index in [1.54, 1.807) is 0 Å². The molecule has 2 aromatic heterocycles. The summed E-state index contributed by atoms with van der Waals surface area (Å²) < 4.78 is 2.33. The van der Waals surface area contributed by atoms with Gasteiger partial charge in [-0.1, -0.05) is 0 Å². The van der Waals surface area contributed by atoms with Gasteiger partial charge in [0.2, 0.25) is 0 Å². The molecule has 1 aliphatic rings. The van der Waals surface area contributed by atoms with E-state index in [0.717, 1.165) is 25.3 Å². The minimum atomic E-state index is 0.974. The molecule has 0 unspecified atom stereocenters. The molecule has 3 heterocycles. The minimum absolute atomic E-state index is 0.974. The molecule has 3 nitrogen and oxygen atoms in total. The Morgan fingerprint density at radius 3 is 3.36 bits per heavy atom. The molecule has 0 bridgehead atoms. The molecule has 0 saturated carbocycles. The fraction of sp³-hybridized carbons (Fsp3) is 0.364. The van der Waals surface area contributed by atoms with Crippen molar-refractivity contribution in [3.63, 3.8) is 0 Å². The number of aromatic nitrogens is 2. The van der Waals surface area contributed by atoms with E-state index in [1.807, 2.05) is 12.3 Å². The molecule has 2 aromatic rings. The summed E-state index contributed by atoms with van der Waals surface area (Å²) >= 11 is 0. The zero-order chi connectivity index (χ0) is 9.54. The first kappa shape index (κ1) is 8.00. The highest BCUT2D eigenvalue weighted by Crippen LogP contribution is 2.24. The molecule has 3 heteroatoms. The van der Waals surface area contributed by atoms with Crippen molar-refractivity contribution in [2.45, 2.75) is 20.0 Å². The van der Waals surface area contributed by atoms with Crippen LogP contribution >= 0.6 is 0 Å². The van der Waals surface area contributed by atoms with Crippen LogP contribution < -0.4 is 5.32 Å². The molecule has 0 spiro atoms. The third-order valence-corrected chi connectivity index (χ3v) is 3.01. The van der Waals surface area contributed by atoms with Crippen LogP contribution in [0.2, 0.25) is 0 Å². The SMILES string of the molecule is Cc1c2n(c3ncccc13)CCNC2. The van der Waals surface area contributed by atoms with Gasteiger partial charge in [0.05, 0.1) is 0 Å². The van der Waals surface area contributed by atoms with Gasteiger partial charge in [-0.15, -0.1) is 0 Å². The molecule has 14 heavy (non-hydrogen) atoms. The third kappa shape index (κ3) is 0.930. The van der Waals surface area contributed by atoms with Crippen LogP contribution in [0.15, 0.2) is 18.3 Å². The predicted octanol–water partition coefficient (Wildman–Crippen LogP) is 1.45. The Labute approximate surface area is 82.8 Å². The van der Waals surface area contributed by atoms with Crippen LogP contribution in [0.25, 0.3) is 11.0 Å². The summed E-state index contributed by atoms with van der Waals surface area (Å²) in [5, 5.41) is 4.69. The second-order valence-corrected chi connectivity index (χ2v) is 3.77. The molecule has 0 amide bonds. The highest BCUT2D eigenvalue weighted by atomic mass is 15.1. The molecule has 72 valence electrons. The van der Waals surface area contributed by atoms with E-state index >= 15 is 0 Å². The highest BCUT2D eigenvalue weighted by molar-refractivity contribution is 5.81. The molecule has 0 radical (unpaired) electrons. The van der Waals surface area contributed by atoms with Gasteiger partial charge in [-0.05, 0) is 24.6 Å². The van der Waals surface area contributed by atoms with E-state index < -0.39 is 0 Å². The zero-order valence-electron chi connectivity index (χ0n) is 8.25. The van der Waals surface area contributed by atoms with Crippen LogP contribution in [0, 0.1) is 6.92 Å². The number of fused-ring (bicyclic) bond motifs is 3. The quantitative estimate of drug-likeness (QED) is 0.676. The maximum atomic E-state index is 4.45. The monoisotopic (exact) mass is 187 g/mol. The Hall–Kier alpha value is -1.35. The first-order valence-electron chi connectivity index (χ1n) is 5.01. The number of hydrogen-bond donors (Lipinski definition) is 1. The maximum absolute atomic E-state index is 4.45. The summed E-state index contributed by atoms with van der Waals surface area (Å²) in [7, 11) is 0. The molecule has 0 fully saturated rings. The lowest BCUT2D eigenvalue weighted by Crippen LogP contribution is -2.28. The fourth-order valence-corrected chi connectivity index (χ4v) is 2.26. The van der Waals surface area contributed by atoms with Gasteiger partial charge in [-0.2, -0.15) is 0 Å². The van der Waals surface area contributed by atoms with Crippen molar-refractivity contribution in [1.82, 2.24) is 14.9 Å². The average molecular weight is 187 g/mol. The Bertz CT molecular complexity index is 484. The van der Waals surface area contributed by atoms with E-state index in [0.29, 0.717) is 0 Å². The Balaban J connectivity index is 2.41. The molecule has 0 aliphatic carbocycles. The lowest BCUT2D eigenvalue weighted by molar-refractivity contribution is 0.522. The summed E-state index contributed by atoms with van der Waals surface area (Å²) in [6, 6.07) is 4.16. The molecule has 1 aliphatic heterocycles. The summed E-state index contributed by atoms with van der Waals surface area (Å²) in [5.74, 6) is 0. The van der Waals surface area contributed by atoms with Crippen LogP contribution in [-0.2, 0) is 13.1 Å². The molecular weight excluding hydrogens is 174 g/mol. The summed E-state index contributed by atoms with van der Waals surface area (Å²) in [4.78, 5) is 4.45. The van der Waals surface area contributed by atoms with E-state index in [4.69, 9.17) is 0 Å². The zero-order valence-corrected chi connectivity index (χ0v) is 8.25. The largest absolute Gasteiger partial charge is 0.327 e. The van der Waals surface area contributed by atoms with Crippen molar-refractivity contribution in [1.29, 1.82) is 0 Å². The van der Waals surface area contributed by atoms with Crippen LogP contribution in [-0.4, -0.2) is 16.1 Å². The van der Waals surface area contributed by atoms with Crippen LogP contribution in [0.4, 0.5) is 0 Å². The second-order valence-electron chi connectivity index (χ2n) is 3.77. The van der Waals surface area contributed by atoms with Gasteiger partial charge < -0.3 is 9.88 Å². The normalized spacial score (nSPS) is 15.8. The smallest absolute Gasteiger partial charge is 0.140 e. The Kier molecular flexibility index (Phi) is 1.61. The third-order valence-electron chi connectivity index (χ3n) is 3.01. The topological polar surface area (TPSA) is 29.9 Å². The summed E-state index contributed by atoms with van der Waals surface area (Å²) in [5.41, 5.74) is 3.91. The summed E-state index contributed by atoms with van der Waals surface area (Å²) in [6.45, 7) is 5.24. The molecular formula is C11H13N3. The second kappa shape index (κ2) is 2.82. The summed E-state index contributed by atoms with van der Waals surface area (Å²) in [6.07, 6.45) is 1.87. The standard InChI is InChI=1S/C11H13N3/c1-8-9-3-2-4-13-11(9)14-6-5-12-7-10(8)14/h2-4,12H,5-7H2,1H3. The van der Waals surface area contributed by atoms with Gasteiger partial charge in [0, 0.05) is 36.9 Å². The Morgan fingerprint density at radius 2 is 2.43 bits per heavy atom. The lowest BCUT2D eigenvalue weighted by Gasteiger charge is -2.17. The van der Waals surface area contributed by atoms with E-state index in [9.17, 15) is 0 Å². The number of nitrogens with one attached hydrogen (secondary N) is 1. The van der Waals surface area contributed by atoms with Gasteiger partial charge in [-0.25, -0.2) is 4.98 Å². The van der Waals surface area contributed by atoms with Crippen molar-refractivity contribution >= 4 is 11.0 Å². The minimum Gasteiger partial charge on any atom is -0.327 e. The fourth-order valence-electron chi connectivity index (χ4n) is 2.26. The van der Waals surface area contributed by atoms with E-state index in [-0.39, 0.29) is 0 Å². The van der Waals surface area contributed by atoms with Crippen molar-refractivity contribution in [3.8, 4) is 0 Å². The number of pyridine rings is 1. The van der Waals surface area contributed by atoms with Crippen molar-refractivity contribution < 1.29 is 0 Å². The van der Waals surface area contributed by atoms with Crippen molar-refractivity contribution in [2.75, 3.05) is 6.54 Å². The molecule has 3 rings (SSSR count). The first-order chi connectivity index (χ1) is 6.88. The van der Waals surface area contributed by atoms with Gasteiger partial charge in [0.15, 0.2) is 0 Å². The van der Waals surface area contributed by atoms with Gasteiger partial charge >= 0.3 is 0 Å². The van der Waals surface area contributed by atoms with Crippen molar-refractivity contribution in [3.05, 3.63) is 29.6 Å². The first-order valence-corrected chi connectivity index (χ1v) is 5.01. The van der Waals surface area contributed by atoms with Gasteiger partial charge in [-0.3, -0.25) is 0 Å². The molecule has 0 aromatic carbocycles. The Morgan fingerprint density at radius 1 is 1.50 bits per heavy atom. The number of nitrogens with zero attached hydrogens (tertiary/aromatic N) is 2. The van der Waals surface area contributed by atoms with Crippen molar-refractivity contribution in [2.24, 2.45) is 0 Å². The number of aryl methyl sites for hydroxylation is 1. The molecule has 0 atom stereocenters. The maximum Gasteiger partial charge on any atom is 0.140 e. The van der Waals surface area contributed by atoms with Gasteiger partial charge in [0.1, 0.15) is 5.65 Å². The molecule has 1 N–H and O–H groups in total. The van der Waals surface area contributed by atoms with E-state index in [2.05, 4.69) is 27.9 Å². The van der Waals surface area contributed by atoms with Crippen LogP contribution in [0.3, 0.4) is 0 Å². The van der Waals surface area contributed by atoms with Crippen LogP contribution in [0.5, 0.6) is 0 Å². The lowest BCUT2D eigenvalue weighted by atomic mass is 10.2. The highest BCUT2D eigenvalue weighted by Gasteiger charge is 2.16. The molecule has 0 saturated heterocycles. The average Bonchev–Trinajstić information content (AvgIpc) is 2.55.